The Morgan fingerprint density at radius 2 is 2.13 bits per heavy atom. The third kappa shape index (κ3) is 3.66. The van der Waals surface area contributed by atoms with E-state index in [1.54, 1.807) is 7.05 Å². The number of unbranched alkanes of at least 4 members (excludes halogenated alkanes) is 1. The van der Waals surface area contributed by atoms with Crippen LogP contribution in [0.2, 0.25) is 0 Å². The van der Waals surface area contributed by atoms with Crippen molar-refractivity contribution in [3.05, 3.63) is 11.8 Å². The molecule has 0 aliphatic heterocycles. The number of hydrogen-bond acceptors (Lipinski definition) is 3. The zero-order valence-corrected chi connectivity index (χ0v) is 10.6. The molecule has 7 heteroatoms. The van der Waals surface area contributed by atoms with Crippen LogP contribution in [0, 0.1) is 0 Å². The van der Waals surface area contributed by atoms with Gasteiger partial charge in [0, 0.05) is 29.3 Å². The van der Waals surface area contributed by atoms with E-state index in [2.05, 4.69) is 5.10 Å². The highest BCUT2D eigenvalue weighted by Gasteiger charge is 2.16. The number of halogens is 2. The molecule has 0 aliphatic carbocycles. The normalized spacial score (nSPS) is 11.9. The van der Waals surface area contributed by atoms with Gasteiger partial charge < -0.3 is 0 Å². The summed E-state index contributed by atoms with van der Waals surface area (Å²) in [6.45, 7) is 0. The van der Waals surface area contributed by atoms with Gasteiger partial charge in [0.2, 0.25) is 0 Å². The average Bonchev–Trinajstić information content (AvgIpc) is 2.48. The second-order valence-corrected chi connectivity index (χ2v) is 6.07. The van der Waals surface area contributed by atoms with Crippen molar-refractivity contribution in [2.24, 2.45) is 7.05 Å². The number of nitrogens with zero attached hydrogens (tertiary/aromatic N) is 2. The van der Waals surface area contributed by atoms with Crippen LogP contribution in [0.25, 0.3) is 0 Å². The third-order valence-corrected chi connectivity index (χ3v) is 3.46. The van der Waals surface area contributed by atoms with Crippen molar-refractivity contribution in [1.29, 1.82) is 0 Å². The van der Waals surface area contributed by atoms with Crippen molar-refractivity contribution >= 4 is 31.3 Å². The first-order valence-corrected chi connectivity index (χ1v) is 7.33. The van der Waals surface area contributed by atoms with Crippen LogP contribution in [0.1, 0.15) is 18.5 Å². The summed E-state index contributed by atoms with van der Waals surface area (Å²) >= 11 is 5.55. The van der Waals surface area contributed by atoms with E-state index < -0.39 is 9.05 Å². The highest BCUT2D eigenvalue weighted by molar-refractivity contribution is 8.13. The van der Waals surface area contributed by atoms with Gasteiger partial charge in [-0.15, -0.1) is 11.6 Å². The van der Waals surface area contributed by atoms with Gasteiger partial charge in [-0.3, -0.25) is 4.68 Å². The maximum atomic E-state index is 11.0. The number of alkyl halides is 1. The Morgan fingerprint density at radius 1 is 1.47 bits per heavy atom. The lowest BCUT2D eigenvalue weighted by Crippen LogP contribution is -1.99. The summed E-state index contributed by atoms with van der Waals surface area (Å²) in [7, 11) is 3.16. The maximum Gasteiger partial charge on any atom is 0.280 e. The lowest BCUT2D eigenvalue weighted by Gasteiger charge is -1.98. The molecule has 0 atom stereocenters. The van der Waals surface area contributed by atoms with Gasteiger partial charge in [0.15, 0.2) is 5.03 Å². The van der Waals surface area contributed by atoms with Crippen LogP contribution in [0.5, 0.6) is 0 Å². The molecule has 0 radical (unpaired) electrons. The van der Waals surface area contributed by atoms with Gasteiger partial charge in [0.05, 0.1) is 0 Å². The summed E-state index contributed by atoms with van der Waals surface area (Å²) in [5.41, 5.74) is 0.847. The van der Waals surface area contributed by atoms with Crippen molar-refractivity contribution in [2.75, 3.05) is 5.88 Å². The highest BCUT2D eigenvalue weighted by atomic mass is 35.7. The number of rotatable bonds is 5. The molecule has 1 aromatic heterocycles. The van der Waals surface area contributed by atoms with Crippen LogP contribution in [-0.2, 0) is 22.5 Å². The van der Waals surface area contributed by atoms with Crippen molar-refractivity contribution in [1.82, 2.24) is 9.78 Å². The fraction of sp³-hybridized carbons (Fsp3) is 0.625. The third-order valence-electron chi connectivity index (χ3n) is 2.02. The predicted molar refractivity (Wildman–Crippen MR) is 59.9 cm³/mol. The highest BCUT2D eigenvalue weighted by Crippen LogP contribution is 2.15. The van der Waals surface area contributed by atoms with Crippen LogP contribution in [-0.4, -0.2) is 24.1 Å². The quantitative estimate of drug-likeness (QED) is 0.467. The van der Waals surface area contributed by atoms with E-state index in [0.717, 1.165) is 25.0 Å². The van der Waals surface area contributed by atoms with E-state index in [4.69, 9.17) is 22.3 Å². The molecule has 1 aromatic rings. The minimum atomic E-state index is -3.72. The molecule has 0 spiro atoms. The summed E-state index contributed by atoms with van der Waals surface area (Å²) in [5.74, 6) is 0.610. The molecule has 0 aliphatic rings. The second-order valence-electron chi connectivity index (χ2n) is 3.18. The molecule has 0 saturated heterocycles. The smallest absolute Gasteiger partial charge is 0.271 e. The molecule has 15 heavy (non-hydrogen) atoms. The van der Waals surface area contributed by atoms with Gasteiger partial charge in [0.25, 0.3) is 9.05 Å². The van der Waals surface area contributed by atoms with Crippen molar-refractivity contribution in [3.8, 4) is 0 Å². The lowest BCUT2D eigenvalue weighted by molar-refractivity contribution is 0.600. The second kappa shape index (κ2) is 5.18. The van der Waals surface area contributed by atoms with Gasteiger partial charge in [-0.25, -0.2) is 8.42 Å². The molecule has 0 saturated carbocycles. The van der Waals surface area contributed by atoms with Crippen molar-refractivity contribution in [3.63, 3.8) is 0 Å². The Labute approximate surface area is 98.6 Å². The molecular formula is C8H12Cl2N2O2S. The van der Waals surface area contributed by atoms with Crippen LogP contribution in [0.15, 0.2) is 11.1 Å². The van der Waals surface area contributed by atoms with Gasteiger partial charge in [-0.05, 0) is 25.3 Å². The Kier molecular flexibility index (Phi) is 4.43. The molecule has 0 amide bonds. The van der Waals surface area contributed by atoms with E-state index in [-0.39, 0.29) is 5.03 Å². The molecule has 1 heterocycles. The Morgan fingerprint density at radius 3 is 2.60 bits per heavy atom. The van der Waals surface area contributed by atoms with Crippen LogP contribution in [0.4, 0.5) is 0 Å². The standard InChI is InChI=1S/C8H12Cl2N2O2S/c1-12-7(4-2-3-5-9)6-8(11-12)15(10,13)14/h6H,2-5H2,1H3. The maximum absolute atomic E-state index is 11.0. The van der Waals surface area contributed by atoms with Gasteiger partial charge in [-0.2, -0.15) is 5.10 Å². The summed E-state index contributed by atoms with van der Waals surface area (Å²) in [6.07, 6.45) is 2.56. The molecule has 0 bridgehead atoms. The fourth-order valence-electron chi connectivity index (χ4n) is 1.23. The Bertz CT molecular complexity index is 428. The molecule has 86 valence electrons. The minimum Gasteiger partial charge on any atom is -0.271 e. The summed E-state index contributed by atoms with van der Waals surface area (Å²) in [5, 5.41) is 3.73. The largest absolute Gasteiger partial charge is 0.280 e. The first kappa shape index (κ1) is 12.8. The van der Waals surface area contributed by atoms with Gasteiger partial charge in [0.1, 0.15) is 0 Å². The summed E-state index contributed by atoms with van der Waals surface area (Å²) in [6, 6.07) is 1.50. The lowest BCUT2D eigenvalue weighted by atomic mass is 10.2. The monoisotopic (exact) mass is 270 g/mol. The fourth-order valence-corrected chi connectivity index (χ4v) is 2.14. The number of aromatic nitrogens is 2. The zero-order valence-electron chi connectivity index (χ0n) is 8.28. The molecule has 0 N–H and O–H groups in total. The first-order chi connectivity index (χ1) is 6.95. The molecule has 0 fully saturated rings. The first-order valence-electron chi connectivity index (χ1n) is 4.48. The van der Waals surface area contributed by atoms with Crippen molar-refractivity contribution < 1.29 is 8.42 Å². The van der Waals surface area contributed by atoms with E-state index in [1.807, 2.05) is 0 Å². The molecular weight excluding hydrogens is 259 g/mol. The molecule has 1 rings (SSSR count). The SMILES string of the molecule is Cn1nc(S(=O)(=O)Cl)cc1CCCCCl. The van der Waals surface area contributed by atoms with Crippen LogP contribution >= 0.6 is 22.3 Å². The van der Waals surface area contributed by atoms with Crippen molar-refractivity contribution in [2.45, 2.75) is 24.3 Å². The molecule has 0 unspecified atom stereocenters. The van der Waals surface area contributed by atoms with Gasteiger partial charge >= 0.3 is 0 Å². The summed E-state index contributed by atoms with van der Waals surface area (Å²) in [4.78, 5) is 0. The van der Waals surface area contributed by atoms with E-state index in [9.17, 15) is 8.42 Å². The van der Waals surface area contributed by atoms with E-state index >= 15 is 0 Å². The van der Waals surface area contributed by atoms with E-state index in [0.29, 0.717) is 5.88 Å². The zero-order chi connectivity index (χ0) is 11.5. The Hall–Kier alpha value is -0.260. The van der Waals surface area contributed by atoms with Gasteiger partial charge in [-0.1, -0.05) is 0 Å². The average molecular weight is 271 g/mol. The summed E-state index contributed by atoms with van der Waals surface area (Å²) < 4.78 is 23.5. The van der Waals surface area contributed by atoms with E-state index in [1.165, 1.54) is 10.7 Å². The Balaban J connectivity index is 2.78. The predicted octanol–water partition coefficient (Wildman–Crippen LogP) is 1.91. The topological polar surface area (TPSA) is 52.0 Å². The molecule has 0 aromatic carbocycles. The molecule has 4 nitrogen and oxygen atoms in total. The number of hydrogen-bond donors (Lipinski definition) is 0. The van der Waals surface area contributed by atoms with Crippen LogP contribution < -0.4 is 0 Å². The number of aryl methyl sites for hydroxylation is 2. The minimum absolute atomic E-state index is 0.0902. The van der Waals surface area contributed by atoms with Crippen LogP contribution in [0.3, 0.4) is 0 Å².